The van der Waals surface area contributed by atoms with Crippen LogP contribution in [0.3, 0.4) is 0 Å². The quantitative estimate of drug-likeness (QED) is 0.409. The molecule has 1 atom stereocenters. The monoisotopic (exact) mass is 482 g/mol. The Balaban J connectivity index is 2.05. The van der Waals surface area contributed by atoms with Crippen molar-refractivity contribution in [2.24, 2.45) is 5.73 Å². The number of nitrogens with one attached hydrogen (secondary N) is 2. The van der Waals surface area contributed by atoms with Crippen molar-refractivity contribution in [1.82, 2.24) is 15.8 Å². The Bertz CT molecular complexity index is 1070. The normalized spacial score (nSPS) is 12.1. The summed E-state index contributed by atoms with van der Waals surface area (Å²) in [4.78, 5) is 37.6. The molecule has 0 aliphatic rings. The minimum Gasteiger partial charge on any atom is -0.508 e. The van der Waals surface area contributed by atoms with Gasteiger partial charge in [-0.2, -0.15) is 0 Å². The number of carbonyl (C=O) groups is 3. The van der Waals surface area contributed by atoms with Crippen LogP contribution < -0.4 is 16.5 Å². The molecule has 8 nitrogen and oxygen atoms in total. The number of nitrogens with zero attached hydrogens (tertiary/aromatic N) is 1. The average molecular weight is 483 g/mol. The Kier molecular flexibility index (Phi) is 9.42. The minimum atomic E-state index is -0.853. The molecule has 0 spiro atoms. The number of hydrogen-bond acceptors (Lipinski definition) is 5. The van der Waals surface area contributed by atoms with Crippen LogP contribution >= 0.6 is 0 Å². The zero-order chi connectivity index (χ0) is 26.3. The summed E-state index contributed by atoms with van der Waals surface area (Å²) >= 11 is 0. The third-order valence-corrected chi connectivity index (χ3v) is 6.07. The van der Waals surface area contributed by atoms with Crippen molar-refractivity contribution < 1.29 is 19.5 Å². The van der Waals surface area contributed by atoms with Crippen LogP contribution in [0.4, 0.5) is 0 Å². The molecule has 0 fully saturated rings. The highest BCUT2D eigenvalue weighted by Crippen LogP contribution is 2.27. The van der Waals surface area contributed by atoms with E-state index in [-0.39, 0.29) is 36.4 Å². The molecule has 0 saturated heterocycles. The third kappa shape index (κ3) is 8.10. The van der Waals surface area contributed by atoms with Gasteiger partial charge >= 0.3 is 0 Å². The molecule has 0 unspecified atom stereocenters. The molecule has 35 heavy (non-hydrogen) atoms. The van der Waals surface area contributed by atoms with Crippen LogP contribution in [-0.4, -0.2) is 46.0 Å². The first-order chi connectivity index (χ1) is 16.3. The van der Waals surface area contributed by atoms with Crippen LogP contribution in [0.2, 0.25) is 0 Å². The number of carbonyl (C=O) groups excluding carboxylic acids is 3. The SMILES string of the molecule is CC(=O)NN(CC(C)(C)NC(=O)[C@H](N)Cc1c(C)cc(O)c(C)c1C)C(=O)CCc1ccccc1. The Morgan fingerprint density at radius 1 is 1.09 bits per heavy atom. The second kappa shape index (κ2) is 11.8. The first kappa shape index (κ1) is 27.9. The topological polar surface area (TPSA) is 125 Å². The van der Waals surface area contributed by atoms with Gasteiger partial charge in [-0.15, -0.1) is 0 Å². The molecule has 2 aromatic carbocycles. The van der Waals surface area contributed by atoms with Crippen LogP contribution in [0.15, 0.2) is 36.4 Å². The summed E-state index contributed by atoms with van der Waals surface area (Å²) < 4.78 is 0. The number of hydrogen-bond donors (Lipinski definition) is 4. The highest BCUT2D eigenvalue weighted by molar-refractivity contribution is 5.83. The third-order valence-electron chi connectivity index (χ3n) is 6.07. The highest BCUT2D eigenvalue weighted by atomic mass is 16.3. The van der Waals surface area contributed by atoms with Gasteiger partial charge in [0.05, 0.1) is 18.1 Å². The summed E-state index contributed by atoms with van der Waals surface area (Å²) in [5.41, 5.74) is 12.5. The Morgan fingerprint density at radius 3 is 2.31 bits per heavy atom. The van der Waals surface area contributed by atoms with E-state index in [0.29, 0.717) is 12.8 Å². The lowest BCUT2D eigenvalue weighted by atomic mass is 9.92. The average Bonchev–Trinajstić information content (AvgIpc) is 2.78. The maximum atomic E-state index is 12.9. The standard InChI is InChI=1S/C27H38N4O4/c1-17-14-24(33)19(3)18(2)22(17)15-23(28)26(35)29-27(5,6)16-31(30-20(4)32)25(34)13-12-21-10-8-7-9-11-21/h7-11,14,23,33H,12-13,15-16,28H2,1-6H3,(H,29,35)(H,30,32)/t23-/m1/s1. The number of aryl methyl sites for hydroxylation is 2. The second-order valence-corrected chi connectivity index (χ2v) is 9.76. The Labute approximate surface area is 207 Å². The van der Waals surface area contributed by atoms with Gasteiger partial charge in [-0.05, 0) is 81.3 Å². The molecule has 0 aliphatic heterocycles. The lowest BCUT2D eigenvalue weighted by Crippen LogP contribution is -2.59. The number of aromatic hydroxyl groups is 1. The molecule has 2 aromatic rings. The molecule has 2 rings (SSSR count). The van der Waals surface area contributed by atoms with Gasteiger partial charge in [0.2, 0.25) is 17.7 Å². The Hall–Kier alpha value is -3.39. The van der Waals surface area contributed by atoms with E-state index in [1.54, 1.807) is 19.9 Å². The zero-order valence-corrected chi connectivity index (χ0v) is 21.6. The van der Waals surface area contributed by atoms with Crippen molar-refractivity contribution in [3.8, 4) is 5.75 Å². The fraction of sp³-hybridized carbons (Fsp3) is 0.444. The number of phenolic OH excluding ortho intramolecular Hbond substituents is 1. The van der Waals surface area contributed by atoms with E-state index >= 15 is 0 Å². The molecule has 0 saturated carbocycles. The highest BCUT2D eigenvalue weighted by Gasteiger charge is 2.29. The molecule has 0 aromatic heterocycles. The molecule has 0 heterocycles. The van der Waals surface area contributed by atoms with E-state index in [2.05, 4.69) is 10.7 Å². The molecule has 0 radical (unpaired) electrons. The van der Waals surface area contributed by atoms with Crippen LogP contribution in [-0.2, 0) is 27.2 Å². The van der Waals surface area contributed by atoms with Gasteiger partial charge in [0.15, 0.2) is 0 Å². The van der Waals surface area contributed by atoms with Gasteiger partial charge < -0.3 is 16.2 Å². The first-order valence-electron chi connectivity index (χ1n) is 11.8. The predicted molar refractivity (Wildman–Crippen MR) is 137 cm³/mol. The minimum absolute atomic E-state index is 0.0784. The van der Waals surface area contributed by atoms with Crippen molar-refractivity contribution in [3.63, 3.8) is 0 Å². The number of amides is 3. The Morgan fingerprint density at radius 2 is 1.71 bits per heavy atom. The van der Waals surface area contributed by atoms with Crippen LogP contribution in [0.1, 0.15) is 55.0 Å². The summed E-state index contributed by atoms with van der Waals surface area (Å²) in [6.45, 7) is 10.6. The zero-order valence-electron chi connectivity index (χ0n) is 21.6. The van der Waals surface area contributed by atoms with Gasteiger partial charge in [0, 0.05) is 13.3 Å². The van der Waals surface area contributed by atoms with E-state index in [1.165, 1.54) is 11.9 Å². The number of rotatable bonds is 9. The molecule has 0 aliphatic carbocycles. The maximum Gasteiger partial charge on any atom is 0.241 e. The number of hydrazine groups is 1. The number of phenols is 1. The van der Waals surface area contributed by atoms with Crippen molar-refractivity contribution in [1.29, 1.82) is 0 Å². The molecule has 190 valence electrons. The fourth-order valence-corrected chi connectivity index (χ4v) is 4.01. The second-order valence-electron chi connectivity index (χ2n) is 9.76. The van der Waals surface area contributed by atoms with Crippen molar-refractivity contribution in [2.75, 3.05) is 6.54 Å². The van der Waals surface area contributed by atoms with E-state index in [0.717, 1.165) is 27.8 Å². The van der Waals surface area contributed by atoms with E-state index in [1.807, 2.05) is 51.1 Å². The first-order valence-corrected chi connectivity index (χ1v) is 11.8. The van der Waals surface area contributed by atoms with Crippen LogP contribution in [0.5, 0.6) is 5.75 Å². The lowest BCUT2D eigenvalue weighted by molar-refractivity contribution is -0.142. The maximum absolute atomic E-state index is 12.9. The van der Waals surface area contributed by atoms with Crippen LogP contribution in [0.25, 0.3) is 0 Å². The molecular formula is C27H38N4O4. The fourth-order valence-electron chi connectivity index (χ4n) is 4.01. The molecule has 3 amide bonds. The lowest BCUT2D eigenvalue weighted by Gasteiger charge is -2.34. The molecule has 8 heteroatoms. The molecule has 5 N–H and O–H groups in total. The largest absolute Gasteiger partial charge is 0.508 e. The molecular weight excluding hydrogens is 444 g/mol. The summed E-state index contributed by atoms with van der Waals surface area (Å²) in [5.74, 6) is -0.760. The number of nitrogens with two attached hydrogens (primary N) is 1. The van der Waals surface area contributed by atoms with Gasteiger partial charge in [-0.25, -0.2) is 0 Å². The summed E-state index contributed by atoms with van der Waals surface area (Å²) in [6.07, 6.45) is 1.07. The predicted octanol–water partition coefficient (Wildman–Crippen LogP) is 2.59. The number of benzene rings is 2. The van der Waals surface area contributed by atoms with E-state index in [9.17, 15) is 19.5 Å². The van der Waals surface area contributed by atoms with Crippen molar-refractivity contribution in [3.05, 3.63) is 64.2 Å². The molecule has 0 bridgehead atoms. The van der Waals surface area contributed by atoms with E-state index in [4.69, 9.17) is 5.73 Å². The summed E-state index contributed by atoms with van der Waals surface area (Å²) in [7, 11) is 0. The van der Waals surface area contributed by atoms with Gasteiger partial charge in [0.25, 0.3) is 0 Å². The van der Waals surface area contributed by atoms with Crippen LogP contribution in [0, 0.1) is 20.8 Å². The smallest absolute Gasteiger partial charge is 0.241 e. The van der Waals surface area contributed by atoms with Gasteiger partial charge in [-0.1, -0.05) is 30.3 Å². The van der Waals surface area contributed by atoms with Crippen molar-refractivity contribution in [2.45, 2.75) is 72.4 Å². The van der Waals surface area contributed by atoms with Gasteiger partial charge in [0.1, 0.15) is 5.75 Å². The van der Waals surface area contributed by atoms with Gasteiger partial charge in [-0.3, -0.25) is 24.8 Å². The van der Waals surface area contributed by atoms with Crippen molar-refractivity contribution >= 4 is 17.7 Å². The summed E-state index contributed by atoms with van der Waals surface area (Å²) in [6, 6.07) is 10.5. The van der Waals surface area contributed by atoms with E-state index < -0.39 is 11.6 Å². The summed E-state index contributed by atoms with van der Waals surface area (Å²) in [5, 5.41) is 14.2.